The van der Waals surface area contributed by atoms with Crippen molar-refractivity contribution in [3.05, 3.63) is 34.9 Å². The predicted octanol–water partition coefficient (Wildman–Crippen LogP) is 3.16. The van der Waals surface area contributed by atoms with E-state index < -0.39 is 0 Å². The molecule has 0 amide bonds. The van der Waals surface area contributed by atoms with Crippen LogP contribution in [0.5, 0.6) is 0 Å². The zero-order valence-electron chi connectivity index (χ0n) is 11.4. The van der Waals surface area contributed by atoms with E-state index in [0.717, 1.165) is 19.6 Å². The summed E-state index contributed by atoms with van der Waals surface area (Å²) in [7, 11) is 0. The summed E-state index contributed by atoms with van der Waals surface area (Å²) in [6, 6.07) is 7.08. The molecule has 0 unspecified atom stereocenters. The van der Waals surface area contributed by atoms with Crippen LogP contribution < -0.4 is 5.32 Å². The van der Waals surface area contributed by atoms with Gasteiger partial charge in [0.05, 0.1) is 0 Å². The summed E-state index contributed by atoms with van der Waals surface area (Å²) in [6.45, 7) is 5.93. The first kappa shape index (κ1) is 16.8. The lowest BCUT2D eigenvalue weighted by atomic mass is 9.98. The SMILES string of the molecule is Cl.Cl.c1cc2c(cc1CN1CCCCC1)CCNC2. The largest absolute Gasteiger partial charge is 0.312 e. The number of nitrogens with zero attached hydrogens (tertiary/aromatic N) is 1. The summed E-state index contributed by atoms with van der Waals surface area (Å²) in [5.41, 5.74) is 4.57. The molecule has 1 saturated heterocycles. The summed E-state index contributed by atoms with van der Waals surface area (Å²) >= 11 is 0. The highest BCUT2D eigenvalue weighted by atomic mass is 35.5. The van der Waals surface area contributed by atoms with E-state index in [4.69, 9.17) is 0 Å². The Labute approximate surface area is 128 Å². The van der Waals surface area contributed by atoms with E-state index in [1.165, 1.54) is 49.9 Å². The number of nitrogens with one attached hydrogen (secondary N) is 1. The van der Waals surface area contributed by atoms with Gasteiger partial charge in [-0.05, 0) is 55.6 Å². The van der Waals surface area contributed by atoms with Crippen molar-refractivity contribution in [2.45, 2.75) is 38.8 Å². The van der Waals surface area contributed by atoms with Crippen LogP contribution in [0.15, 0.2) is 18.2 Å². The molecule has 0 aromatic heterocycles. The average molecular weight is 303 g/mol. The molecular formula is C15H24Cl2N2. The molecule has 1 fully saturated rings. The highest BCUT2D eigenvalue weighted by Gasteiger charge is 2.12. The average Bonchev–Trinajstić information content (AvgIpc) is 2.40. The van der Waals surface area contributed by atoms with Crippen molar-refractivity contribution in [1.29, 1.82) is 0 Å². The van der Waals surface area contributed by atoms with E-state index >= 15 is 0 Å². The Morgan fingerprint density at radius 3 is 2.58 bits per heavy atom. The molecule has 1 N–H and O–H groups in total. The molecule has 2 heterocycles. The van der Waals surface area contributed by atoms with Gasteiger partial charge in [0.25, 0.3) is 0 Å². The normalized spacial score (nSPS) is 18.9. The number of hydrogen-bond acceptors (Lipinski definition) is 2. The fourth-order valence-electron chi connectivity index (χ4n) is 3.00. The van der Waals surface area contributed by atoms with E-state index in [-0.39, 0.29) is 24.8 Å². The monoisotopic (exact) mass is 302 g/mol. The Bertz CT molecular complexity index is 390. The third-order valence-electron chi connectivity index (χ3n) is 4.01. The number of hydrogen-bond donors (Lipinski definition) is 1. The van der Waals surface area contributed by atoms with Gasteiger partial charge in [-0.1, -0.05) is 24.6 Å². The van der Waals surface area contributed by atoms with Crippen LogP contribution in [0.2, 0.25) is 0 Å². The second-order valence-corrected chi connectivity index (χ2v) is 5.37. The van der Waals surface area contributed by atoms with Gasteiger partial charge in [-0.3, -0.25) is 4.90 Å². The molecule has 19 heavy (non-hydrogen) atoms. The highest BCUT2D eigenvalue weighted by Crippen LogP contribution is 2.18. The smallest absolute Gasteiger partial charge is 0.0233 e. The first-order chi connectivity index (χ1) is 8.42. The lowest BCUT2D eigenvalue weighted by Crippen LogP contribution is -2.29. The summed E-state index contributed by atoms with van der Waals surface area (Å²) in [6.07, 6.45) is 5.39. The van der Waals surface area contributed by atoms with Gasteiger partial charge in [0.15, 0.2) is 0 Å². The second-order valence-electron chi connectivity index (χ2n) is 5.37. The van der Waals surface area contributed by atoms with Crippen LogP contribution in [0.4, 0.5) is 0 Å². The predicted molar refractivity (Wildman–Crippen MR) is 85.5 cm³/mol. The zero-order chi connectivity index (χ0) is 11.5. The van der Waals surface area contributed by atoms with Crippen molar-refractivity contribution in [3.63, 3.8) is 0 Å². The van der Waals surface area contributed by atoms with Gasteiger partial charge in [0.2, 0.25) is 0 Å². The molecule has 3 rings (SSSR count). The van der Waals surface area contributed by atoms with Gasteiger partial charge in [-0.25, -0.2) is 0 Å². The van der Waals surface area contributed by atoms with E-state index in [0.29, 0.717) is 0 Å². The standard InChI is InChI=1S/C15H22N2.2ClH/c1-2-8-17(9-3-1)12-13-4-5-15-11-16-7-6-14(15)10-13;;/h4-5,10,16H,1-3,6-9,11-12H2;2*1H. The lowest BCUT2D eigenvalue weighted by molar-refractivity contribution is 0.221. The van der Waals surface area contributed by atoms with Crippen LogP contribution in [0.3, 0.4) is 0 Å². The van der Waals surface area contributed by atoms with E-state index in [9.17, 15) is 0 Å². The Morgan fingerprint density at radius 2 is 1.79 bits per heavy atom. The van der Waals surface area contributed by atoms with Crippen molar-refractivity contribution in [3.8, 4) is 0 Å². The van der Waals surface area contributed by atoms with Gasteiger partial charge in [-0.15, -0.1) is 24.8 Å². The van der Waals surface area contributed by atoms with Crippen LogP contribution in [0.1, 0.15) is 36.0 Å². The maximum atomic E-state index is 3.43. The molecule has 2 aliphatic heterocycles. The molecule has 4 heteroatoms. The van der Waals surface area contributed by atoms with Crippen molar-refractivity contribution in [2.75, 3.05) is 19.6 Å². The highest BCUT2D eigenvalue weighted by molar-refractivity contribution is 5.85. The summed E-state index contributed by atoms with van der Waals surface area (Å²) in [4.78, 5) is 2.60. The fraction of sp³-hybridized carbons (Fsp3) is 0.600. The molecule has 1 aromatic carbocycles. The Balaban J connectivity index is 0.000000902. The van der Waals surface area contributed by atoms with Crippen molar-refractivity contribution in [1.82, 2.24) is 10.2 Å². The maximum Gasteiger partial charge on any atom is 0.0233 e. The molecule has 0 radical (unpaired) electrons. The van der Waals surface area contributed by atoms with Gasteiger partial charge >= 0.3 is 0 Å². The second kappa shape index (κ2) is 8.11. The molecule has 2 aliphatic rings. The number of fused-ring (bicyclic) bond motifs is 1. The summed E-state index contributed by atoms with van der Waals surface area (Å²) < 4.78 is 0. The molecule has 0 bridgehead atoms. The Morgan fingerprint density at radius 1 is 1.00 bits per heavy atom. The minimum absolute atomic E-state index is 0. The molecule has 2 nitrogen and oxygen atoms in total. The first-order valence-corrected chi connectivity index (χ1v) is 6.95. The van der Waals surface area contributed by atoms with E-state index in [1.54, 1.807) is 5.56 Å². The van der Waals surface area contributed by atoms with Crippen molar-refractivity contribution in [2.24, 2.45) is 0 Å². The lowest BCUT2D eigenvalue weighted by Gasteiger charge is -2.27. The third kappa shape index (κ3) is 4.35. The Kier molecular flexibility index (Phi) is 7.16. The number of benzene rings is 1. The van der Waals surface area contributed by atoms with Gasteiger partial charge in [0, 0.05) is 13.1 Å². The first-order valence-electron chi connectivity index (χ1n) is 6.95. The van der Waals surface area contributed by atoms with Crippen LogP contribution in [0, 0.1) is 0 Å². The summed E-state index contributed by atoms with van der Waals surface area (Å²) in [5, 5.41) is 3.43. The van der Waals surface area contributed by atoms with Crippen molar-refractivity contribution < 1.29 is 0 Å². The number of piperidine rings is 1. The number of rotatable bonds is 2. The topological polar surface area (TPSA) is 15.3 Å². The molecule has 0 aliphatic carbocycles. The molecule has 0 saturated carbocycles. The zero-order valence-corrected chi connectivity index (χ0v) is 13.0. The number of likely N-dealkylation sites (tertiary alicyclic amines) is 1. The van der Waals surface area contributed by atoms with Gasteiger partial charge in [0.1, 0.15) is 0 Å². The fourth-order valence-corrected chi connectivity index (χ4v) is 3.00. The van der Waals surface area contributed by atoms with Crippen LogP contribution in [-0.2, 0) is 19.5 Å². The number of halogens is 2. The van der Waals surface area contributed by atoms with Crippen LogP contribution >= 0.6 is 24.8 Å². The molecule has 0 atom stereocenters. The van der Waals surface area contributed by atoms with Crippen LogP contribution in [-0.4, -0.2) is 24.5 Å². The minimum Gasteiger partial charge on any atom is -0.312 e. The summed E-state index contributed by atoms with van der Waals surface area (Å²) in [5.74, 6) is 0. The molecule has 108 valence electrons. The van der Waals surface area contributed by atoms with Crippen molar-refractivity contribution >= 4 is 24.8 Å². The third-order valence-corrected chi connectivity index (χ3v) is 4.01. The van der Waals surface area contributed by atoms with Gasteiger partial charge < -0.3 is 5.32 Å². The minimum atomic E-state index is 0. The molecule has 1 aromatic rings. The van der Waals surface area contributed by atoms with E-state index in [2.05, 4.69) is 28.4 Å². The maximum absolute atomic E-state index is 3.43. The molecular weight excluding hydrogens is 279 g/mol. The molecule has 0 spiro atoms. The van der Waals surface area contributed by atoms with Crippen LogP contribution in [0.25, 0.3) is 0 Å². The quantitative estimate of drug-likeness (QED) is 0.903. The Hall–Kier alpha value is -0.280. The van der Waals surface area contributed by atoms with E-state index in [1.807, 2.05) is 0 Å². The van der Waals surface area contributed by atoms with Gasteiger partial charge in [-0.2, -0.15) is 0 Å².